The summed E-state index contributed by atoms with van der Waals surface area (Å²) in [6.45, 7) is 0. The lowest BCUT2D eigenvalue weighted by Gasteiger charge is -2.30. The van der Waals surface area contributed by atoms with E-state index in [-0.39, 0.29) is 0 Å². The monoisotopic (exact) mass is 287 g/mol. The molecule has 1 N–H and O–H groups in total. The molecule has 3 aromatic rings. The minimum Gasteiger partial charge on any atom is -0.431 e. The van der Waals surface area contributed by atoms with Crippen molar-refractivity contribution in [2.75, 3.05) is 5.32 Å². The van der Waals surface area contributed by atoms with Gasteiger partial charge in [-0.2, -0.15) is 0 Å². The van der Waals surface area contributed by atoms with Crippen LogP contribution in [-0.2, 0) is 0 Å². The van der Waals surface area contributed by atoms with Gasteiger partial charge in [-0.1, -0.05) is 48.5 Å². The molecule has 0 amide bonds. The first-order valence-electron chi connectivity index (χ1n) is 7.29. The second-order valence-corrected chi connectivity index (χ2v) is 5.53. The summed E-state index contributed by atoms with van der Waals surface area (Å²) >= 11 is 0. The van der Waals surface area contributed by atoms with Gasteiger partial charge >= 0.3 is 5.91 Å². The molecule has 3 heteroatoms. The standard InChI is InChI=1S/C19H13NO2/c1-3-7-15-13(5-1)9-10-16-18(15)22-19(20-16)12-11-14-6-2-4-8-17(14)21-19/h1-12,20H/t19-/m1/s1. The van der Waals surface area contributed by atoms with Gasteiger partial charge in [0.05, 0.1) is 5.69 Å². The second kappa shape index (κ2) is 4.04. The Labute approximate surface area is 127 Å². The van der Waals surface area contributed by atoms with E-state index >= 15 is 0 Å². The van der Waals surface area contributed by atoms with Gasteiger partial charge < -0.3 is 14.8 Å². The second-order valence-electron chi connectivity index (χ2n) is 5.53. The van der Waals surface area contributed by atoms with E-state index < -0.39 is 5.91 Å². The third kappa shape index (κ3) is 1.56. The van der Waals surface area contributed by atoms with Crippen molar-refractivity contribution in [2.45, 2.75) is 5.91 Å². The van der Waals surface area contributed by atoms with Crippen LogP contribution in [0.25, 0.3) is 16.8 Å². The molecule has 0 fully saturated rings. The summed E-state index contributed by atoms with van der Waals surface area (Å²) in [4.78, 5) is 0. The fraction of sp³-hybridized carbons (Fsp3) is 0.0526. The van der Waals surface area contributed by atoms with Gasteiger partial charge in [-0.3, -0.25) is 0 Å². The summed E-state index contributed by atoms with van der Waals surface area (Å²) < 4.78 is 12.3. The average Bonchev–Trinajstić information content (AvgIpc) is 2.93. The fourth-order valence-electron chi connectivity index (χ4n) is 3.05. The van der Waals surface area contributed by atoms with Crippen molar-refractivity contribution in [3.8, 4) is 11.5 Å². The normalized spacial score (nSPS) is 20.9. The summed E-state index contributed by atoms with van der Waals surface area (Å²) in [6, 6.07) is 20.2. The number of para-hydroxylation sites is 1. The maximum absolute atomic E-state index is 6.19. The largest absolute Gasteiger partial charge is 0.431 e. The van der Waals surface area contributed by atoms with Crippen molar-refractivity contribution in [1.29, 1.82) is 0 Å². The first kappa shape index (κ1) is 11.7. The first-order valence-corrected chi connectivity index (χ1v) is 7.29. The van der Waals surface area contributed by atoms with E-state index in [0.29, 0.717) is 0 Å². The Morgan fingerprint density at radius 2 is 1.68 bits per heavy atom. The molecule has 2 aliphatic heterocycles. The van der Waals surface area contributed by atoms with Crippen molar-refractivity contribution in [1.82, 2.24) is 0 Å². The molecule has 3 aromatic carbocycles. The van der Waals surface area contributed by atoms with Gasteiger partial charge in [-0.05, 0) is 23.6 Å². The summed E-state index contributed by atoms with van der Waals surface area (Å²) in [5.41, 5.74) is 2.00. The summed E-state index contributed by atoms with van der Waals surface area (Å²) in [6.07, 6.45) is 3.95. The number of hydrogen-bond donors (Lipinski definition) is 1. The van der Waals surface area contributed by atoms with Crippen LogP contribution in [0.5, 0.6) is 11.5 Å². The van der Waals surface area contributed by atoms with E-state index in [9.17, 15) is 0 Å². The quantitative estimate of drug-likeness (QED) is 0.664. The summed E-state index contributed by atoms with van der Waals surface area (Å²) in [5, 5.41) is 5.59. The highest BCUT2D eigenvalue weighted by molar-refractivity contribution is 5.94. The van der Waals surface area contributed by atoms with Crippen LogP contribution in [0.2, 0.25) is 0 Å². The molecule has 1 spiro atoms. The van der Waals surface area contributed by atoms with Gasteiger partial charge in [-0.15, -0.1) is 0 Å². The van der Waals surface area contributed by atoms with Crippen molar-refractivity contribution < 1.29 is 9.47 Å². The minimum atomic E-state index is -0.958. The molecule has 0 aromatic heterocycles. The van der Waals surface area contributed by atoms with Crippen LogP contribution in [-0.4, -0.2) is 5.91 Å². The minimum absolute atomic E-state index is 0.814. The molecule has 1 atom stereocenters. The third-order valence-electron chi connectivity index (χ3n) is 4.11. The highest BCUT2D eigenvalue weighted by Gasteiger charge is 2.42. The maximum Gasteiger partial charge on any atom is 0.358 e. The van der Waals surface area contributed by atoms with Crippen LogP contribution in [0.15, 0.2) is 66.7 Å². The van der Waals surface area contributed by atoms with E-state index in [4.69, 9.17) is 9.47 Å². The van der Waals surface area contributed by atoms with E-state index in [2.05, 4.69) is 23.5 Å². The number of nitrogens with one attached hydrogen (secondary N) is 1. The van der Waals surface area contributed by atoms with Crippen molar-refractivity contribution in [3.63, 3.8) is 0 Å². The van der Waals surface area contributed by atoms with Crippen LogP contribution in [0.3, 0.4) is 0 Å². The number of benzene rings is 3. The van der Waals surface area contributed by atoms with Crippen LogP contribution >= 0.6 is 0 Å². The molecule has 0 saturated carbocycles. The third-order valence-corrected chi connectivity index (χ3v) is 4.11. The topological polar surface area (TPSA) is 30.5 Å². The van der Waals surface area contributed by atoms with Gasteiger partial charge in [0.1, 0.15) is 5.75 Å². The van der Waals surface area contributed by atoms with E-state index in [0.717, 1.165) is 33.5 Å². The Morgan fingerprint density at radius 1 is 0.818 bits per heavy atom. The molecular weight excluding hydrogens is 274 g/mol. The maximum atomic E-state index is 6.19. The molecule has 0 saturated heterocycles. The Kier molecular flexibility index (Phi) is 2.15. The molecule has 2 aliphatic rings. The van der Waals surface area contributed by atoms with Crippen molar-refractivity contribution >= 4 is 22.5 Å². The summed E-state index contributed by atoms with van der Waals surface area (Å²) in [5.74, 6) is 0.692. The van der Waals surface area contributed by atoms with Crippen LogP contribution in [0.1, 0.15) is 5.56 Å². The SMILES string of the molecule is C1=C[C@@]2(Nc3ccc4ccccc4c3O2)Oc2ccccc21. The Morgan fingerprint density at radius 3 is 2.68 bits per heavy atom. The Bertz CT molecular complexity index is 932. The zero-order valence-corrected chi connectivity index (χ0v) is 11.7. The van der Waals surface area contributed by atoms with Crippen LogP contribution in [0, 0.1) is 0 Å². The van der Waals surface area contributed by atoms with Crippen molar-refractivity contribution in [3.05, 3.63) is 72.3 Å². The van der Waals surface area contributed by atoms with Crippen LogP contribution in [0.4, 0.5) is 5.69 Å². The zero-order chi connectivity index (χ0) is 14.6. The predicted molar refractivity (Wildman–Crippen MR) is 87.0 cm³/mol. The van der Waals surface area contributed by atoms with Gasteiger partial charge in [0, 0.05) is 17.0 Å². The molecule has 2 heterocycles. The smallest absolute Gasteiger partial charge is 0.358 e. The highest BCUT2D eigenvalue weighted by atomic mass is 16.7. The lowest BCUT2D eigenvalue weighted by atomic mass is 10.1. The predicted octanol–water partition coefficient (Wildman–Crippen LogP) is 4.40. The fourth-order valence-corrected chi connectivity index (χ4v) is 3.05. The van der Waals surface area contributed by atoms with Gasteiger partial charge in [0.15, 0.2) is 5.75 Å². The zero-order valence-electron chi connectivity index (χ0n) is 11.7. The van der Waals surface area contributed by atoms with Gasteiger partial charge in [-0.25, -0.2) is 0 Å². The summed E-state index contributed by atoms with van der Waals surface area (Å²) in [7, 11) is 0. The average molecular weight is 287 g/mol. The number of hydrogen-bond acceptors (Lipinski definition) is 3. The van der Waals surface area contributed by atoms with E-state index in [1.165, 1.54) is 0 Å². The molecule has 0 aliphatic carbocycles. The van der Waals surface area contributed by atoms with E-state index in [1.807, 2.05) is 54.6 Å². The van der Waals surface area contributed by atoms with Gasteiger partial charge in [0.25, 0.3) is 0 Å². The first-order chi connectivity index (χ1) is 10.8. The number of fused-ring (bicyclic) bond motifs is 4. The molecule has 0 unspecified atom stereocenters. The number of anilines is 1. The molecule has 3 nitrogen and oxygen atoms in total. The van der Waals surface area contributed by atoms with E-state index in [1.54, 1.807) is 0 Å². The lowest BCUT2D eigenvalue weighted by molar-refractivity contribution is -0.0332. The highest BCUT2D eigenvalue weighted by Crippen LogP contribution is 2.45. The van der Waals surface area contributed by atoms with Crippen molar-refractivity contribution in [2.24, 2.45) is 0 Å². The lowest BCUT2D eigenvalue weighted by Crippen LogP contribution is -2.45. The molecule has 5 rings (SSSR count). The molecular formula is C19H13NO2. The molecule has 0 bridgehead atoms. The number of ether oxygens (including phenoxy) is 2. The molecule has 0 radical (unpaired) electrons. The Hall–Kier alpha value is -2.94. The van der Waals surface area contributed by atoms with Gasteiger partial charge in [0.2, 0.25) is 0 Å². The molecule has 106 valence electrons. The van der Waals surface area contributed by atoms with Crippen LogP contribution < -0.4 is 14.8 Å². The number of rotatable bonds is 0. The Balaban J connectivity index is 1.62. The molecule has 22 heavy (non-hydrogen) atoms.